The van der Waals surface area contributed by atoms with Gasteiger partial charge in [0.15, 0.2) is 0 Å². The summed E-state index contributed by atoms with van der Waals surface area (Å²) in [5.74, 6) is 2.79. The SMILES string of the molecule is C=C(C)N1CC2CCC(C1)N2c1ccnc(C2CCN(C3CCCCC3)CC2)n1. The number of hydrogen-bond donors (Lipinski definition) is 0. The average molecular weight is 396 g/mol. The highest BCUT2D eigenvalue weighted by Gasteiger charge is 2.40. The first-order valence-electron chi connectivity index (χ1n) is 11.9. The number of likely N-dealkylation sites (tertiary alicyclic amines) is 2. The molecular weight excluding hydrogens is 358 g/mol. The summed E-state index contributed by atoms with van der Waals surface area (Å²) in [6.07, 6.45) is 14.1. The van der Waals surface area contributed by atoms with E-state index in [0.717, 1.165) is 25.0 Å². The maximum atomic E-state index is 5.12. The van der Waals surface area contributed by atoms with Crippen LogP contribution in [0.3, 0.4) is 0 Å². The molecule has 5 nitrogen and oxygen atoms in total. The van der Waals surface area contributed by atoms with E-state index in [1.54, 1.807) is 0 Å². The number of fused-ring (bicyclic) bond motifs is 2. The molecule has 158 valence electrons. The largest absolute Gasteiger partial charge is 0.371 e. The summed E-state index contributed by atoms with van der Waals surface area (Å²) in [7, 11) is 0. The van der Waals surface area contributed by atoms with Crippen molar-refractivity contribution in [1.82, 2.24) is 19.8 Å². The summed E-state index contributed by atoms with van der Waals surface area (Å²) in [4.78, 5) is 17.7. The van der Waals surface area contributed by atoms with Crippen molar-refractivity contribution in [3.63, 3.8) is 0 Å². The van der Waals surface area contributed by atoms with Gasteiger partial charge in [0.05, 0.1) is 0 Å². The summed E-state index contributed by atoms with van der Waals surface area (Å²) < 4.78 is 0. The molecular formula is C24H37N5. The number of allylic oxidation sites excluding steroid dienone is 1. The smallest absolute Gasteiger partial charge is 0.133 e. The normalized spacial score (nSPS) is 29.4. The van der Waals surface area contributed by atoms with E-state index in [1.165, 1.54) is 82.4 Å². The molecule has 4 fully saturated rings. The molecule has 2 unspecified atom stereocenters. The van der Waals surface area contributed by atoms with Gasteiger partial charge in [-0.1, -0.05) is 25.8 Å². The highest BCUT2D eigenvalue weighted by atomic mass is 15.4. The first kappa shape index (κ1) is 19.3. The van der Waals surface area contributed by atoms with Crippen molar-refractivity contribution < 1.29 is 0 Å². The van der Waals surface area contributed by atoms with Crippen LogP contribution in [0.2, 0.25) is 0 Å². The van der Waals surface area contributed by atoms with Gasteiger partial charge in [-0.25, -0.2) is 9.97 Å². The van der Waals surface area contributed by atoms with Gasteiger partial charge in [-0.2, -0.15) is 0 Å². The molecule has 29 heavy (non-hydrogen) atoms. The van der Waals surface area contributed by atoms with Gasteiger partial charge >= 0.3 is 0 Å². The molecule has 0 spiro atoms. The van der Waals surface area contributed by atoms with E-state index in [4.69, 9.17) is 9.97 Å². The second-order valence-corrected chi connectivity index (χ2v) is 9.81. The zero-order valence-electron chi connectivity index (χ0n) is 18.1. The maximum absolute atomic E-state index is 5.12. The Hall–Kier alpha value is -1.62. The van der Waals surface area contributed by atoms with Crippen molar-refractivity contribution in [1.29, 1.82) is 0 Å². The lowest BCUT2D eigenvalue weighted by atomic mass is 9.90. The summed E-state index contributed by atoms with van der Waals surface area (Å²) in [6, 6.07) is 4.13. The van der Waals surface area contributed by atoms with Crippen molar-refractivity contribution in [2.75, 3.05) is 31.1 Å². The van der Waals surface area contributed by atoms with Crippen molar-refractivity contribution in [2.24, 2.45) is 0 Å². The van der Waals surface area contributed by atoms with Gasteiger partial charge in [-0.3, -0.25) is 0 Å². The molecule has 4 aliphatic rings. The number of rotatable bonds is 4. The molecule has 1 saturated carbocycles. The second-order valence-electron chi connectivity index (χ2n) is 9.81. The summed E-state index contributed by atoms with van der Waals surface area (Å²) in [5.41, 5.74) is 1.20. The van der Waals surface area contributed by atoms with E-state index in [0.29, 0.717) is 18.0 Å². The lowest BCUT2D eigenvalue weighted by Gasteiger charge is -2.43. The van der Waals surface area contributed by atoms with E-state index < -0.39 is 0 Å². The number of nitrogens with zero attached hydrogens (tertiary/aromatic N) is 5. The van der Waals surface area contributed by atoms with Crippen LogP contribution in [-0.2, 0) is 0 Å². The van der Waals surface area contributed by atoms with E-state index in [-0.39, 0.29) is 0 Å². The van der Waals surface area contributed by atoms with Gasteiger partial charge in [-0.15, -0.1) is 0 Å². The van der Waals surface area contributed by atoms with E-state index in [2.05, 4.69) is 34.3 Å². The third-order valence-electron chi connectivity index (χ3n) is 7.93. The van der Waals surface area contributed by atoms with Gasteiger partial charge in [-0.05, 0) is 64.6 Å². The zero-order chi connectivity index (χ0) is 19.8. The first-order chi connectivity index (χ1) is 14.2. The Morgan fingerprint density at radius 2 is 1.62 bits per heavy atom. The van der Waals surface area contributed by atoms with Crippen LogP contribution in [0.5, 0.6) is 0 Å². The summed E-state index contributed by atoms with van der Waals surface area (Å²) in [5, 5.41) is 0. The minimum atomic E-state index is 0.532. The second kappa shape index (κ2) is 8.25. The maximum Gasteiger partial charge on any atom is 0.133 e. The van der Waals surface area contributed by atoms with Crippen LogP contribution < -0.4 is 4.90 Å². The standard InChI is InChI=1S/C24H37N5/c1-18(2)28-16-21-8-9-22(17-28)29(21)23-10-13-25-24(26-23)19-11-14-27(15-12-19)20-6-4-3-5-7-20/h10,13,19-22H,1,3-9,11-12,14-17H2,2H3. The number of piperazine rings is 1. The fraction of sp³-hybridized carbons (Fsp3) is 0.750. The molecule has 0 amide bonds. The molecule has 4 heterocycles. The lowest BCUT2D eigenvalue weighted by Crippen LogP contribution is -2.53. The van der Waals surface area contributed by atoms with Gasteiger partial charge in [0.2, 0.25) is 0 Å². The number of piperidine rings is 1. The molecule has 2 atom stereocenters. The van der Waals surface area contributed by atoms with Crippen LogP contribution in [0.1, 0.15) is 76.5 Å². The van der Waals surface area contributed by atoms with Crippen molar-refractivity contribution in [3.05, 3.63) is 30.4 Å². The van der Waals surface area contributed by atoms with Crippen LogP contribution in [0, 0.1) is 0 Å². The molecule has 3 aliphatic heterocycles. The van der Waals surface area contributed by atoms with Crippen LogP contribution in [0.15, 0.2) is 24.5 Å². The molecule has 0 radical (unpaired) electrons. The van der Waals surface area contributed by atoms with Crippen LogP contribution in [-0.4, -0.2) is 64.1 Å². The summed E-state index contributed by atoms with van der Waals surface area (Å²) in [6.45, 7) is 10.9. The Labute approximate surface area is 176 Å². The molecule has 5 heteroatoms. The molecule has 2 bridgehead atoms. The lowest BCUT2D eigenvalue weighted by molar-refractivity contribution is 0.120. The fourth-order valence-corrected chi connectivity index (χ4v) is 6.26. The first-order valence-corrected chi connectivity index (χ1v) is 11.9. The minimum Gasteiger partial charge on any atom is -0.371 e. The van der Waals surface area contributed by atoms with E-state index in [9.17, 15) is 0 Å². The minimum absolute atomic E-state index is 0.532. The Kier molecular flexibility index (Phi) is 5.51. The van der Waals surface area contributed by atoms with Gasteiger partial charge in [0.25, 0.3) is 0 Å². The van der Waals surface area contributed by atoms with Gasteiger partial charge < -0.3 is 14.7 Å². The van der Waals surface area contributed by atoms with E-state index >= 15 is 0 Å². The van der Waals surface area contributed by atoms with Crippen LogP contribution in [0.4, 0.5) is 5.82 Å². The predicted octanol–water partition coefficient (Wildman–Crippen LogP) is 4.18. The number of aromatic nitrogens is 2. The van der Waals surface area contributed by atoms with Gasteiger partial charge in [0.1, 0.15) is 11.6 Å². The quantitative estimate of drug-likeness (QED) is 0.764. The topological polar surface area (TPSA) is 35.5 Å². The van der Waals surface area contributed by atoms with Crippen molar-refractivity contribution >= 4 is 5.82 Å². The van der Waals surface area contributed by atoms with E-state index in [1.807, 2.05) is 6.20 Å². The molecule has 1 aliphatic carbocycles. The highest BCUT2D eigenvalue weighted by Crippen LogP contribution is 2.36. The Morgan fingerprint density at radius 3 is 2.28 bits per heavy atom. The van der Waals surface area contributed by atoms with Crippen LogP contribution in [0.25, 0.3) is 0 Å². The van der Waals surface area contributed by atoms with Crippen molar-refractivity contribution in [3.8, 4) is 0 Å². The number of hydrogen-bond acceptors (Lipinski definition) is 5. The predicted molar refractivity (Wildman–Crippen MR) is 118 cm³/mol. The Morgan fingerprint density at radius 1 is 0.931 bits per heavy atom. The molecule has 0 N–H and O–H groups in total. The Balaban J connectivity index is 1.25. The Bertz CT molecular complexity index is 706. The molecule has 3 saturated heterocycles. The third-order valence-corrected chi connectivity index (χ3v) is 7.93. The van der Waals surface area contributed by atoms with Crippen LogP contribution >= 0.6 is 0 Å². The van der Waals surface area contributed by atoms with Crippen molar-refractivity contribution in [2.45, 2.75) is 88.8 Å². The summed E-state index contributed by atoms with van der Waals surface area (Å²) >= 11 is 0. The highest BCUT2D eigenvalue weighted by molar-refractivity contribution is 5.44. The monoisotopic (exact) mass is 395 g/mol. The molecule has 1 aromatic heterocycles. The van der Waals surface area contributed by atoms with Gasteiger partial charge in [0, 0.05) is 49.0 Å². The average Bonchev–Trinajstić information content (AvgIpc) is 3.03. The molecule has 1 aromatic rings. The fourth-order valence-electron chi connectivity index (χ4n) is 6.26. The zero-order valence-corrected chi connectivity index (χ0v) is 18.1. The number of anilines is 1. The molecule has 0 aromatic carbocycles. The third kappa shape index (κ3) is 3.90. The molecule has 5 rings (SSSR count).